The smallest absolute Gasteiger partial charge is 0.410 e. The molecule has 3 heterocycles. The second-order valence-corrected chi connectivity index (χ2v) is 8.07. The third-order valence-corrected chi connectivity index (χ3v) is 6.01. The van der Waals surface area contributed by atoms with Gasteiger partial charge in [-0.3, -0.25) is 14.7 Å². The fraction of sp³-hybridized carbons (Fsp3) is 0.333. The molecular formula is C24H23N3O4. The molecule has 1 aromatic heterocycles. The molecule has 2 aromatic carbocycles. The molecule has 7 nitrogen and oxygen atoms in total. The van der Waals surface area contributed by atoms with Crippen LogP contribution in [0.25, 0.3) is 11.0 Å². The summed E-state index contributed by atoms with van der Waals surface area (Å²) >= 11 is 0. The molecular weight excluding hydrogens is 394 g/mol. The van der Waals surface area contributed by atoms with Gasteiger partial charge in [0.25, 0.3) is 0 Å². The fourth-order valence-corrected chi connectivity index (χ4v) is 4.51. The molecule has 2 fully saturated rings. The first-order chi connectivity index (χ1) is 15.2. The number of ether oxygens (including phenoxy) is 2. The summed E-state index contributed by atoms with van der Waals surface area (Å²) in [6.07, 6.45) is 2.27. The van der Waals surface area contributed by atoms with Crippen molar-refractivity contribution in [2.45, 2.75) is 31.5 Å². The van der Waals surface area contributed by atoms with Crippen molar-refractivity contribution in [1.82, 2.24) is 14.9 Å². The summed E-state index contributed by atoms with van der Waals surface area (Å²) in [6.45, 7) is 1.04. The third-order valence-electron chi connectivity index (χ3n) is 6.01. The number of nitrogens with zero attached hydrogens (tertiary/aromatic N) is 3. The van der Waals surface area contributed by atoms with Crippen molar-refractivity contribution in [3.05, 3.63) is 72.1 Å². The Morgan fingerprint density at radius 2 is 1.65 bits per heavy atom. The van der Waals surface area contributed by atoms with Crippen LogP contribution in [0.15, 0.2) is 60.8 Å². The number of amides is 1. The van der Waals surface area contributed by atoms with Crippen LogP contribution >= 0.6 is 0 Å². The number of morpholine rings is 1. The topological polar surface area (TPSA) is 81.6 Å². The summed E-state index contributed by atoms with van der Waals surface area (Å²) in [4.78, 5) is 36.7. The maximum atomic E-state index is 13.2. The molecule has 0 spiro atoms. The van der Waals surface area contributed by atoms with Crippen molar-refractivity contribution in [2.24, 2.45) is 5.92 Å². The number of benzene rings is 2. The van der Waals surface area contributed by atoms with Crippen LogP contribution < -0.4 is 0 Å². The Morgan fingerprint density at radius 1 is 0.968 bits per heavy atom. The van der Waals surface area contributed by atoms with Crippen LogP contribution in [0, 0.1) is 5.92 Å². The number of ketones is 1. The Bertz CT molecular complexity index is 1090. The van der Waals surface area contributed by atoms with Gasteiger partial charge < -0.3 is 9.47 Å². The van der Waals surface area contributed by atoms with E-state index in [-0.39, 0.29) is 36.5 Å². The van der Waals surface area contributed by atoms with Crippen molar-refractivity contribution in [2.75, 3.05) is 13.2 Å². The molecule has 1 amide bonds. The van der Waals surface area contributed by atoms with Crippen LogP contribution in [0.3, 0.4) is 0 Å². The lowest BCUT2D eigenvalue weighted by Crippen LogP contribution is -2.60. The molecule has 2 aliphatic heterocycles. The van der Waals surface area contributed by atoms with Gasteiger partial charge in [-0.1, -0.05) is 42.5 Å². The largest absolute Gasteiger partial charge is 0.445 e. The van der Waals surface area contributed by atoms with E-state index in [9.17, 15) is 9.59 Å². The molecule has 2 aliphatic rings. The molecule has 0 saturated carbocycles. The number of piperidine rings is 1. The van der Waals surface area contributed by atoms with Crippen LogP contribution in [0.4, 0.5) is 4.79 Å². The molecule has 31 heavy (non-hydrogen) atoms. The van der Waals surface area contributed by atoms with E-state index in [4.69, 9.17) is 9.47 Å². The number of Topliss-reactive ketones (excluding diaryl/α,β-unsaturated/α-hetero) is 1. The Morgan fingerprint density at radius 3 is 2.39 bits per heavy atom. The van der Waals surface area contributed by atoms with E-state index in [1.54, 1.807) is 11.1 Å². The van der Waals surface area contributed by atoms with E-state index in [1.165, 1.54) is 0 Å². The lowest BCUT2D eigenvalue weighted by Gasteiger charge is -2.47. The zero-order valence-electron chi connectivity index (χ0n) is 17.0. The number of carbonyl (C=O) groups excluding carboxylic acids is 2. The number of aromatic nitrogens is 2. The van der Waals surface area contributed by atoms with E-state index >= 15 is 0 Å². The molecule has 2 saturated heterocycles. The minimum Gasteiger partial charge on any atom is -0.445 e. The van der Waals surface area contributed by atoms with Crippen molar-refractivity contribution < 1.29 is 19.1 Å². The molecule has 0 N–H and O–H groups in total. The summed E-state index contributed by atoms with van der Waals surface area (Å²) in [7, 11) is 0. The molecule has 2 unspecified atom stereocenters. The molecule has 2 bridgehead atoms. The highest BCUT2D eigenvalue weighted by atomic mass is 16.6. The molecule has 7 heteroatoms. The number of hydrogen-bond acceptors (Lipinski definition) is 6. The van der Waals surface area contributed by atoms with Crippen molar-refractivity contribution in [1.29, 1.82) is 0 Å². The lowest BCUT2D eigenvalue weighted by atomic mass is 9.82. The standard InChI is InChI=1S/C24H23N3O4/c28-23(22-12-25-20-8-4-5-9-21(20)26-22)17-10-18-14-30-15-19(11-17)27(18)24(29)31-13-16-6-2-1-3-7-16/h1-9,12,17-19H,10-11,13-15H2. The second-order valence-electron chi connectivity index (χ2n) is 8.07. The Kier molecular flexibility index (Phi) is 5.34. The summed E-state index contributed by atoms with van der Waals surface area (Å²) in [5, 5.41) is 0. The molecule has 3 aromatic rings. The highest BCUT2D eigenvalue weighted by Crippen LogP contribution is 2.34. The second kappa shape index (κ2) is 8.43. The molecule has 2 atom stereocenters. The first-order valence-corrected chi connectivity index (χ1v) is 10.5. The average molecular weight is 417 g/mol. The highest BCUT2D eigenvalue weighted by Gasteiger charge is 2.44. The van der Waals surface area contributed by atoms with Gasteiger partial charge in [0, 0.05) is 5.92 Å². The minimum atomic E-state index is -0.349. The van der Waals surface area contributed by atoms with E-state index in [1.807, 2.05) is 54.6 Å². The predicted molar refractivity (Wildman–Crippen MR) is 113 cm³/mol. The number of fused-ring (bicyclic) bond motifs is 3. The number of carbonyl (C=O) groups is 2. The van der Waals surface area contributed by atoms with Gasteiger partial charge in [0.15, 0.2) is 5.78 Å². The normalized spacial score (nSPS) is 22.8. The van der Waals surface area contributed by atoms with Crippen molar-refractivity contribution in [3.8, 4) is 0 Å². The van der Waals surface area contributed by atoms with Crippen molar-refractivity contribution >= 4 is 22.9 Å². The van der Waals surface area contributed by atoms with E-state index < -0.39 is 0 Å². The van der Waals surface area contributed by atoms with Gasteiger partial charge in [-0.05, 0) is 30.5 Å². The number of hydrogen-bond donors (Lipinski definition) is 0. The van der Waals surface area contributed by atoms with Crippen LogP contribution in [0.1, 0.15) is 28.9 Å². The summed E-state index contributed by atoms with van der Waals surface area (Å²) in [5.41, 5.74) is 2.79. The summed E-state index contributed by atoms with van der Waals surface area (Å²) < 4.78 is 11.2. The first kappa shape index (κ1) is 19.6. The van der Waals surface area contributed by atoms with E-state index in [2.05, 4.69) is 9.97 Å². The summed E-state index contributed by atoms with van der Waals surface area (Å²) in [6, 6.07) is 16.7. The van der Waals surface area contributed by atoms with Gasteiger partial charge in [0.1, 0.15) is 12.3 Å². The SMILES string of the molecule is O=C(c1cnc2ccccc2n1)C1CC2COCC(C1)N2C(=O)OCc1ccccc1. The Labute approximate surface area is 180 Å². The zero-order valence-corrected chi connectivity index (χ0v) is 17.0. The average Bonchev–Trinajstić information content (AvgIpc) is 2.81. The zero-order chi connectivity index (χ0) is 21.2. The quantitative estimate of drug-likeness (QED) is 0.603. The van der Waals surface area contributed by atoms with E-state index in [0.29, 0.717) is 37.3 Å². The molecule has 0 radical (unpaired) electrons. The van der Waals surface area contributed by atoms with Crippen LogP contribution in [0.5, 0.6) is 0 Å². The third kappa shape index (κ3) is 4.01. The molecule has 5 rings (SSSR count). The monoisotopic (exact) mass is 417 g/mol. The fourth-order valence-electron chi connectivity index (χ4n) is 4.51. The minimum absolute atomic E-state index is 0.0209. The van der Waals surface area contributed by atoms with Gasteiger partial charge in [0.05, 0.1) is 42.5 Å². The van der Waals surface area contributed by atoms with Gasteiger partial charge in [0.2, 0.25) is 0 Å². The lowest BCUT2D eigenvalue weighted by molar-refractivity contribution is -0.0755. The van der Waals surface area contributed by atoms with Gasteiger partial charge in [-0.25, -0.2) is 9.78 Å². The summed E-state index contributed by atoms with van der Waals surface area (Å²) in [5.74, 6) is -0.236. The first-order valence-electron chi connectivity index (χ1n) is 10.5. The van der Waals surface area contributed by atoms with Gasteiger partial charge in [-0.15, -0.1) is 0 Å². The molecule has 0 aliphatic carbocycles. The van der Waals surface area contributed by atoms with Crippen LogP contribution in [-0.2, 0) is 16.1 Å². The van der Waals surface area contributed by atoms with E-state index in [0.717, 1.165) is 11.1 Å². The maximum Gasteiger partial charge on any atom is 0.410 e. The van der Waals surface area contributed by atoms with Gasteiger partial charge >= 0.3 is 6.09 Å². The number of para-hydroxylation sites is 2. The molecule has 158 valence electrons. The predicted octanol–water partition coefficient (Wildman–Crippen LogP) is 3.63. The van der Waals surface area contributed by atoms with Gasteiger partial charge in [-0.2, -0.15) is 0 Å². The van der Waals surface area contributed by atoms with Crippen molar-refractivity contribution in [3.63, 3.8) is 0 Å². The Hall–Kier alpha value is -3.32. The van der Waals surface area contributed by atoms with Crippen LogP contribution in [-0.4, -0.2) is 52.0 Å². The number of rotatable bonds is 4. The maximum absolute atomic E-state index is 13.2. The van der Waals surface area contributed by atoms with Crippen LogP contribution in [0.2, 0.25) is 0 Å². The highest BCUT2D eigenvalue weighted by molar-refractivity contribution is 5.97. The Balaban J connectivity index is 1.29.